The number of nitrogens with one attached hydrogen (secondary N) is 1. The van der Waals surface area contributed by atoms with Crippen molar-refractivity contribution in [3.05, 3.63) is 75.5 Å². The van der Waals surface area contributed by atoms with Gasteiger partial charge < -0.3 is 15.0 Å². The second-order valence-electron chi connectivity index (χ2n) is 7.34. The number of aromatic amines is 1. The van der Waals surface area contributed by atoms with Crippen molar-refractivity contribution in [3.8, 4) is 17.3 Å². The Morgan fingerprint density at radius 3 is 2.81 bits per heavy atom. The molecule has 0 bridgehead atoms. The third-order valence-corrected chi connectivity index (χ3v) is 6.21. The average Bonchev–Trinajstić information content (AvgIpc) is 3.22. The van der Waals surface area contributed by atoms with Gasteiger partial charge in [-0.2, -0.15) is 0 Å². The molecule has 4 aromatic rings. The second kappa shape index (κ2) is 8.69. The van der Waals surface area contributed by atoms with Crippen LogP contribution in [0.2, 0.25) is 0 Å². The first-order valence-corrected chi connectivity index (χ1v) is 10.8. The fourth-order valence-electron chi connectivity index (χ4n) is 3.57. The quantitative estimate of drug-likeness (QED) is 0.478. The van der Waals surface area contributed by atoms with Crippen molar-refractivity contribution in [1.82, 2.24) is 19.9 Å². The zero-order chi connectivity index (χ0) is 22.0. The summed E-state index contributed by atoms with van der Waals surface area (Å²) in [5.74, 6) is 0.417. The molecule has 158 valence electrons. The molecule has 3 aromatic heterocycles. The van der Waals surface area contributed by atoms with Crippen molar-refractivity contribution in [3.63, 3.8) is 0 Å². The van der Waals surface area contributed by atoms with Crippen molar-refractivity contribution < 1.29 is 9.90 Å². The molecule has 1 aromatic carbocycles. The lowest BCUT2D eigenvalue weighted by atomic mass is 9.95. The van der Waals surface area contributed by atoms with Crippen LogP contribution in [0.1, 0.15) is 35.2 Å². The van der Waals surface area contributed by atoms with Crippen molar-refractivity contribution in [2.75, 3.05) is 13.6 Å². The van der Waals surface area contributed by atoms with Crippen LogP contribution in [-0.4, -0.2) is 44.5 Å². The SMILES string of the molecule is CCC(CN(C)C(=O)c1csc2c(=O)[nH]c(-c3ccccn3)nc12)c1cccc(O)c1. The van der Waals surface area contributed by atoms with Crippen LogP contribution in [0, 0.1) is 0 Å². The van der Waals surface area contributed by atoms with E-state index < -0.39 is 0 Å². The minimum Gasteiger partial charge on any atom is -0.508 e. The lowest BCUT2D eigenvalue weighted by molar-refractivity contribution is 0.0787. The molecule has 0 saturated carbocycles. The molecule has 1 amide bonds. The van der Waals surface area contributed by atoms with Crippen molar-refractivity contribution in [2.24, 2.45) is 0 Å². The highest BCUT2D eigenvalue weighted by atomic mass is 32.1. The summed E-state index contributed by atoms with van der Waals surface area (Å²) in [5, 5.41) is 11.5. The van der Waals surface area contributed by atoms with E-state index in [2.05, 4.69) is 15.0 Å². The van der Waals surface area contributed by atoms with Crippen LogP contribution in [0.3, 0.4) is 0 Å². The lowest BCUT2D eigenvalue weighted by Gasteiger charge is -2.23. The van der Waals surface area contributed by atoms with Gasteiger partial charge in [-0.05, 0) is 36.2 Å². The monoisotopic (exact) mass is 434 g/mol. The molecule has 7 nitrogen and oxygen atoms in total. The molecule has 0 aliphatic carbocycles. The molecular formula is C23H22N4O3S. The highest BCUT2D eigenvalue weighted by molar-refractivity contribution is 7.17. The van der Waals surface area contributed by atoms with Crippen LogP contribution in [-0.2, 0) is 0 Å². The molecular weight excluding hydrogens is 412 g/mol. The first-order valence-electron chi connectivity index (χ1n) is 9.95. The number of likely N-dealkylation sites (N-methyl/N-ethyl adjacent to an activating group) is 1. The number of carbonyl (C=O) groups excluding carboxylic acids is 1. The van der Waals surface area contributed by atoms with Gasteiger partial charge in [0.05, 0.1) is 5.56 Å². The molecule has 8 heteroatoms. The standard InChI is InChI=1S/C23H22N4O3S/c1-3-14(15-7-6-8-16(28)11-15)12-27(2)23(30)17-13-31-20-19(17)25-21(26-22(20)29)18-9-4-5-10-24-18/h4-11,13-14,28H,3,12H2,1-2H3,(H,25,26,29). The number of hydrogen-bond acceptors (Lipinski definition) is 6. The van der Waals surface area contributed by atoms with E-state index in [0.29, 0.717) is 33.8 Å². The maximum atomic E-state index is 13.2. The summed E-state index contributed by atoms with van der Waals surface area (Å²) in [7, 11) is 1.74. The summed E-state index contributed by atoms with van der Waals surface area (Å²) in [4.78, 5) is 39.0. The third kappa shape index (κ3) is 4.20. The van der Waals surface area contributed by atoms with Crippen molar-refractivity contribution in [2.45, 2.75) is 19.3 Å². The first kappa shape index (κ1) is 20.7. The Labute approximate surface area is 183 Å². The predicted molar refractivity (Wildman–Crippen MR) is 122 cm³/mol. The van der Waals surface area contributed by atoms with E-state index in [4.69, 9.17) is 0 Å². The van der Waals surface area contributed by atoms with Crippen LogP contribution in [0.15, 0.2) is 58.8 Å². The topological polar surface area (TPSA) is 99.2 Å². The summed E-state index contributed by atoms with van der Waals surface area (Å²) in [6.07, 6.45) is 2.44. The molecule has 0 aliphatic rings. The zero-order valence-corrected chi connectivity index (χ0v) is 18.0. The number of H-pyrrole nitrogens is 1. The van der Waals surface area contributed by atoms with Gasteiger partial charge in [0.25, 0.3) is 11.5 Å². The highest BCUT2D eigenvalue weighted by Crippen LogP contribution is 2.27. The van der Waals surface area contributed by atoms with Crippen LogP contribution in [0.4, 0.5) is 0 Å². The van der Waals surface area contributed by atoms with Crippen LogP contribution >= 0.6 is 11.3 Å². The number of benzene rings is 1. The Kier molecular flexibility index (Phi) is 5.81. The molecule has 4 rings (SSSR count). The van der Waals surface area contributed by atoms with Crippen molar-refractivity contribution in [1.29, 1.82) is 0 Å². The smallest absolute Gasteiger partial charge is 0.269 e. The van der Waals surface area contributed by atoms with E-state index in [1.807, 2.05) is 19.1 Å². The fourth-order valence-corrected chi connectivity index (χ4v) is 4.45. The molecule has 31 heavy (non-hydrogen) atoms. The van der Waals surface area contributed by atoms with Crippen LogP contribution < -0.4 is 5.56 Å². The molecule has 1 atom stereocenters. The molecule has 0 radical (unpaired) electrons. The number of aromatic nitrogens is 3. The van der Waals surface area contributed by atoms with E-state index >= 15 is 0 Å². The Morgan fingerprint density at radius 2 is 2.10 bits per heavy atom. The van der Waals surface area contributed by atoms with Gasteiger partial charge in [-0.15, -0.1) is 11.3 Å². The third-order valence-electron chi connectivity index (χ3n) is 5.24. The van der Waals surface area contributed by atoms with E-state index in [9.17, 15) is 14.7 Å². The van der Waals surface area contributed by atoms with E-state index in [-0.39, 0.29) is 23.1 Å². The minimum atomic E-state index is -0.288. The normalized spacial score (nSPS) is 12.1. The number of thiophene rings is 1. The van der Waals surface area contributed by atoms with Crippen molar-refractivity contribution >= 4 is 27.5 Å². The van der Waals surface area contributed by atoms with Gasteiger partial charge in [-0.3, -0.25) is 14.6 Å². The predicted octanol–water partition coefficient (Wildman–Crippen LogP) is 4.02. The largest absolute Gasteiger partial charge is 0.508 e. The molecule has 2 N–H and O–H groups in total. The number of amides is 1. The summed E-state index contributed by atoms with van der Waals surface area (Å²) < 4.78 is 0.413. The second-order valence-corrected chi connectivity index (χ2v) is 8.22. The van der Waals surface area contributed by atoms with Gasteiger partial charge >= 0.3 is 0 Å². The number of phenolic OH excluding ortho intramolecular Hbond substituents is 1. The number of carbonyl (C=O) groups is 1. The molecule has 0 aliphatic heterocycles. The van der Waals surface area contributed by atoms with E-state index in [1.165, 1.54) is 11.3 Å². The summed E-state index contributed by atoms with van der Waals surface area (Å²) in [5.41, 5.74) is 2.01. The molecule has 3 heterocycles. The summed E-state index contributed by atoms with van der Waals surface area (Å²) >= 11 is 1.21. The maximum absolute atomic E-state index is 13.2. The number of fused-ring (bicyclic) bond motifs is 1. The highest BCUT2D eigenvalue weighted by Gasteiger charge is 2.22. The Hall–Kier alpha value is -3.52. The zero-order valence-electron chi connectivity index (χ0n) is 17.2. The van der Waals surface area contributed by atoms with Crippen LogP contribution in [0.25, 0.3) is 21.7 Å². The molecule has 1 unspecified atom stereocenters. The number of hydrogen-bond donors (Lipinski definition) is 2. The number of pyridine rings is 1. The number of nitrogens with zero attached hydrogens (tertiary/aromatic N) is 3. The minimum absolute atomic E-state index is 0.0754. The van der Waals surface area contributed by atoms with Gasteiger partial charge in [-0.25, -0.2) is 4.98 Å². The summed E-state index contributed by atoms with van der Waals surface area (Å²) in [6.45, 7) is 2.53. The van der Waals surface area contributed by atoms with Gasteiger partial charge in [0, 0.05) is 31.1 Å². The number of phenols is 1. The lowest BCUT2D eigenvalue weighted by Crippen LogP contribution is -2.31. The number of aromatic hydroxyl groups is 1. The molecule has 0 fully saturated rings. The maximum Gasteiger partial charge on any atom is 0.269 e. The van der Waals surface area contributed by atoms with Gasteiger partial charge in [0.15, 0.2) is 5.82 Å². The molecule has 0 spiro atoms. The van der Waals surface area contributed by atoms with E-state index in [1.54, 1.807) is 53.9 Å². The Morgan fingerprint density at radius 1 is 1.26 bits per heavy atom. The fraction of sp³-hybridized carbons (Fsp3) is 0.217. The number of rotatable bonds is 6. The van der Waals surface area contributed by atoms with Gasteiger partial charge in [0.1, 0.15) is 21.7 Å². The summed E-state index contributed by atoms with van der Waals surface area (Å²) in [6, 6.07) is 12.5. The molecule has 0 saturated heterocycles. The average molecular weight is 435 g/mol. The van der Waals surface area contributed by atoms with E-state index in [0.717, 1.165) is 12.0 Å². The van der Waals surface area contributed by atoms with Gasteiger partial charge in [-0.1, -0.05) is 25.1 Å². The first-order chi connectivity index (χ1) is 15.0. The van der Waals surface area contributed by atoms with Gasteiger partial charge in [0.2, 0.25) is 0 Å². The van der Waals surface area contributed by atoms with Crippen LogP contribution in [0.5, 0.6) is 5.75 Å². The Balaban J connectivity index is 1.65. The Bertz CT molecular complexity index is 1280.